The van der Waals surface area contributed by atoms with E-state index < -0.39 is 17.2 Å². The molecule has 1 aromatic carbocycles. The lowest BCUT2D eigenvalue weighted by Gasteiger charge is -2.17. The van der Waals surface area contributed by atoms with Gasteiger partial charge in [0.05, 0.1) is 19.8 Å². The van der Waals surface area contributed by atoms with E-state index in [4.69, 9.17) is 9.47 Å². The number of aromatic nitrogens is 1. The summed E-state index contributed by atoms with van der Waals surface area (Å²) >= 11 is 1.54. The predicted octanol–water partition coefficient (Wildman–Crippen LogP) is 3.42. The van der Waals surface area contributed by atoms with Crippen molar-refractivity contribution >= 4 is 23.2 Å². The summed E-state index contributed by atoms with van der Waals surface area (Å²) in [5, 5.41) is 7.67. The van der Waals surface area contributed by atoms with E-state index in [1.54, 1.807) is 30.1 Å². The highest BCUT2D eigenvalue weighted by Gasteiger charge is 2.22. The standard InChI is InChI=1S/C26H31N3O5S/c1-4-21(23-10-7-15-35-23)28-26(32)20-17-29(13-14-33-2)16-19(24(20)30)25(31)27-12-11-18-8-5-6-9-22(18)34-3/h5-10,15-17,21H,4,11-14H2,1-3H3,(H,27,31)(H,28,32)/t21-/m0/s1. The number of rotatable bonds is 12. The van der Waals surface area contributed by atoms with Gasteiger partial charge in [-0.25, -0.2) is 0 Å². The summed E-state index contributed by atoms with van der Waals surface area (Å²) in [6.07, 6.45) is 4.15. The average Bonchev–Trinajstić information content (AvgIpc) is 3.41. The van der Waals surface area contributed by atoms with Gasteiger partial charge in [0.15, 0.2) is 0 Å². The van der Waals surface area contributed by atoms with Gasteiger partial charge in [-0.15, -0.1) is 11.3 Å². The number of carbonyl (C=O) groups is 2. The van der Waals surface area contributed by atoms with Crippen molar-refractivity contribution in [2.75, 3.05) is 27.4 Å². The molecule has 9 heteroatoms. The first-order valence-electron chi connectivity index (χ1n) is 11.5. The Morgan fingerprint density at radius 3 is 2.46 bits per heavy atom. The van der Waals surface area contributed by atoms with Crippen molar-refractivity contribution in [3.8, 4) is 5.75 Å². The lowest BCUT2D eigenvalue weighted by molar-refractivity contribution is 0.0934. The van der Waals surface area contributed by atoms with Crippen molar-refractivity contribution < 1.29 is 19.1 Å². The number of para-hydroxylation sites is 1. The first kappa shape index (κ1) is 26.2. The molecular weight excluding hydrogens is 466 g/mol. The van der Waals surface area contributed by atoms with E-state index >= 15 is 0 Å². The molecule has 2 amide bonds. The van der Waals surface area contributed by atoms with Crippen molar-refractivity contribution in [1.82, 2.24) is 15.2 Å². The van der Waals surface area contributed by atoms with E-state index in [9.17, 15) is 14.4 Å². The van der Waals surface area contributed by atoms with Gasteiger partial charge in [0.1, 0.15) is 16.9 Å². The normalized spacial score (nSPS) is 11.6. The average molecular weight is 498 g/mol. The van der Waals surface area contributed by atoms with Gasteiger partial charge in [-0.05, 0) is 35.9 Å². The molecule has 35 heavy (non-hydrogen) atoms. The molecule has 0 unspecified atom stereocenters. The topological polar surface area (TPSA) is 98.7 Å². The summed E-state index contributed by atoms with van der Waals surface area (Å²) in [6.45, 7) is 3.03. The maximum Gasteiger partial charge on any atom is 0.257 e. The number of carbonyl (C=O) groups excluding carboxylic acids is 2. The Kier molecular flexibility index (Phi) is 9.63. The van der Waals surface area contributed by atoms with Crippen LogP contribution in [0.2, 0.25) is 0 Å². The molecule has 0 saturated carbocycles. The summed E-state index contributed by atoms with van der Waals surface area (Å²) in [5.41, 5.74) is 0.179. The fourth-order valence-corrected chi connectivity index (χ4v) is 4.56. The summed E-state index contributed by atoms with van der Waals surface area (Å²) in [4.78, 5) is 40.3. The molecule has 0 saturated heterocycles. The van der Waals surface area contributed by atoms with Gasteiger partial charge in [-0.1, -0.05) is 31.2 Å². The fourth-order valence-electron chi connectivity index (χ4n) is 3.70. The quantitative estimate of drug-likeness (QED) is 0.400. The number of nitrogens with zero attached hydrogens (tertiary/aromatic N) is 1. The Balaban J connectivity index is 1.80. The number of pyridine rings is 1. The minimum atomic E-state index is -0.605. The van der Waals surface area contributed by atoms with Crippen LogP contribution in [-0.2, 0) is 17.7 Å². The highest BCUT2D eigenvalue weighted by atomic mass is 32.1. The van der Waals surface area contributed by atoms with Crippen LogP contribution in [0.3, 0.4) is 0 Å². The number of nitrogens with one attached hydrogen (secondary N) is 2. The van der Waals surface area contributed by atoms with Crippen LogP contribution in [0.5, 0.6) is 5.75 Å². The third-order valence-electron chi connectivity index (χ3n) is 5.59. The lowest BCUT2D eigenvalue weighted by atomic mass is 10.1. The minimum Gasteiger partial charge on any atom is -0.496 e. The van der Waals surface area contributed by atoms with Crippen LogP contribution < -0.4 is 20.8 Å². The smallest absolute Gasteiger partial charge is 0.257 e. The van der Waals surface area contributed by atoms with Crippen LogP contribution in [0, 0.1) is 0 Å². The van der Waals surface area contributed by atoms with Gasteiger partial charge in [-0.2, -0.15) is 0 Å². The molecule has 2 N–H and O–H groups in total. The number of hydrogen-bond donors (Lipinski definition) is 2. The summed E-state index contributed by atoms with van der Waals surface area (Å²) in [6, 6.07) is 11.2. The van der Waals surface area contributed by atoms with Gasteiger partial charge in [0.25, 0.3) is 11.8 Å². The van der Waals surface area contributed by atoms with Crippen molar-refractivity contribution in [1.29, 1.82) is 0 Å². The van der Waals surface area contributed by atoms with Gasteiger partial charge in [0, 0.05) is 37.5 Å². The number of methoxy groups -OCH3 is 2. The zero-order valence-corrected chi connectivity index (χ0v) is 21.0. The maximum atomic E-state index is 13.2. The van der Waals surface area contributed by atoms with Crippen LogP contribution in [0.1, 0.15) is 50.5 Å². The van der Waals surface area contributed by atoms with E-state index in [2.05, 4.69) is 10.6 Å². The van der Waals surface area contributed by atoms with Gasteiger partial charge in [-0.3, -0.25) is 14.4 Å². The van der Waals surface area contributed by atoms with Crippen molar-refractivity contribution in [2.24, 2.45) is 0 Å². The van der Waals surface area contributed by atoms with E-state index in [-0.39, 0.29) is 17.2 Å². The Morgan fingerprint density at radius 1 is 1.06 bits per heavy atom. The number of hydrogen-bond acceptors (Lipinski definition) is 6. The van der Waals surface area contributed by atoms with E-state index in [1.807, 2.05) is 48.7 Å². The Morgan fingerprint density at radius 2 is 1.80 bits per heavy atom. The second-order valence-electron chi connectivity index (χ2n) is 7.91. The van der Waals surface area contributed by atoms with Crippen LogP contribution in [0.15, 0.2) is 59.0 Å². The molecule has 3 aromatic rings. The van der Waals surface area contributed by atoms with Crippen LogP contribution in [0.25, 0.3) is 0 Å². The molecule has 0 fully saturated rings. The third-order valence-corrected chi connectivity index (χ3v) is 6.58. The Bertz CT molecular complexity index is 1190. The van der Waals surface area contributed by atoms with E-state index in [0.717, 1.165) is 16.2 Å². The van der Waals surface area contributed by atoms with Crippen molar-refractivity contribution in [3.63, 3.8) is 0 Å². The largest absolute Gasteiger partial charge is 0.496 e. The molecule has 0 aliphatic carbocycles. The summed E-state index contributed by atoms with van der Waals surface area (Å²) in [5.74, 6) is -0.306. The molecule has 0 aliphatic rings. The second-order valence-corrected chi connectivity index (χ2v) is 8.89. The molecule has 0 radical (unpaired) electrons. The molecule has 0 bridgehead atoms. The summed E-state index contributed by atoms with van der Waals surface area (Å²) in [7, 11) is 3.16. The van der Waals surface area contributed by atoms with E-state index in [1.165, 1.54) is 12.4 Å². The van der Waals surface area contributed by atoms with Gasteiger partial charge in [0.2, 0.25) is 5.43 Å². The molecule has 0 aliphatic heterocycles. The molecular formula is C26H31N3O5S. The molecule has 2 heterocycles. The third kappa shape index (κ3) is 6.80. The van der Waals surface area contributed by atoms with Gasteiger partial charge < -0.3 is 24.7 Å². The molecule has 0 spiro atoms. The number of ether oxygens (including phenoxy) is 2. The zero-order valence-electron chi connectivity index (χ0n) is 20.2. The summed E-state index contributed by atoms with van der Waals surface area (Å²) < 4.78 is 12.1. The van der Waals surface area contributed by atoms with Crippen molar-refractivity contribution in [2.45, 2.75) is 32.4 Å². The Hall–Kier alpha value is -3.43. The fraction of sp³-hybridized carbons (Fsp3) is 0.346. The zero-order chi connectivity index (χ0) is 25.2. The van der Waals surface area contributed by atoms with Crippen LogP contribution in [0.4, 0.5) is 0 Å². The first-order chi connectivity index (χ1) is 17.0. The number of thiophene rings is 1. The van der Waals surface area contributed by atoms with Crippen molar-refractivity contribution in [3.05, 3.63) is 86.0 Å². The van der Waals surface area contributed by atoms with Gasteiger partial charge >= 0.3 is 0 Å². The predicted molar refractivity (Wildman–Crippen MR) is 136 cm³/mol. The number of benzene rings is 1. The highest BCUT2D eigenvalue weighted by molar-refractivity contribution is 7.10. The first-order valence-corrected chi connectivity index (χ1v) is 12.3. The highest BCUT2D eigenvalue weighted by Crippen LogP contribution is 2.22. The number of amides is 2. The molecule has 186 valence electrons. The lowest BCUT2D eigenvalue weighted by Crippen LogP contribution is -2.37. The maximum absolute atomic E-state index is 13.2. The molecule has 1 atom stereocenters. The SMILES string of the molecule is CC[C@H](NC(=O)c1cn(CCOC)cc(C(=O)NCCc2ccccc2OC)c1=O)c1cccs1. The van der Waals surface area contributed by atoms with E-state index in [0.29, 0.717) is 32.5 Å². The second kappa shape index (κ2) is 12.9. The minimum absolute atomic E-state index is 0.0755. The molecule has 3 rings (SSSR count). The van der Waals surface area contributed by atoms with Crippen LogP contribution >= 0.6 is 11.3 Å². The van der Waals surface area contributed by atoms with Crippen LogP contribution in [-0.4, -0.2) is 43.8 Å². The molecule has 8 nitrogen and oxygen atoms in total. The Labute approximate surface area is 208 Å². The monoisotopic (exact) mass is 497 g/mol. The molecule has 2 aromatic heterocycles.